The van der Waals surface area contributed by atoms with Crippen molar-refractivity contribution in [2.24, 2.45) is 0 Å². The second kappa shape index (κ2) is 6.50. The molecule has 0 aliphatic rings. The van der Waals surface area contributed by atoms with Crippen molar-refractivity contribution in [3.63, 3.8) is 0 Å². The molecule has 0 aliphatic heterocycles. The Labute approximate surface area is 117 Å². The van der Waals surface area contributed by atoms with Crippen molar-refractivity contribution in [3.8, 4) is 6.07 Å². The summed E-state index contributed by atoms with van der Waals surface area (Å²) in [4.78, 5) is 8.37. The van der Waals surface area contributed by atoms with Crippen LogP contribution >= 0.6 is 0 Å². The highest BCUT2D eigenvalue weighted by Crippen LogP contribution is 2.17. The van der Waals surface area contributed by atoms with Gasteiger partial charge in [0, 0.05) is 18.9 Å². The monoisotopic (exact) mass is 269 g/mol. The van der Waals surface area contributed by atoms with Crippen molar-refractivity contribution in [2.45, 2.75) is 13.0 Å². The van der Waals surface area contributed by atoms with Gasteiger partial charge in [-0.2, -0.15) is 5.26 Å². The number of nitrogens with one attached hydrogen (secondary N) is 1. The van der Waals surface area contributed by atoms with E-state index in [0.29, 0.717) is 30.5 Å². The molecule has 0 saturated carbocycles. The van der Waals surface area contributed by atoms with E-state index < -0.39 is 0 Å². The Morgan fingerprint density at radius 2 is 2.05 bits per heavy atom. The van der Waals surface area contributed by atoms with Crippen LogP contribution in [0.25, 0.3) is 0 Å². The van der Waals surface area contributed by atoms with Crippen LogP contribution in [0, 0.1) is 11.3 Å². The molecule has 0 bridgehead atoms. The highest BCUT2D eigenvalue weighted by atomic mass is 16.5. The van der Waals surface area contributed by atoms with E-state index in [1.54, 1.807) is 13.2 Å². The molecule has 0 amide bonds. The lowest BCUT2D eigenvalue weighted by Gasteiger charge is -2.08. The van der Waals surface area contributed by atoms with Crippen LogP contribution < -0.4 is 11.1 Å². The molecular weight excluding hydrogens is 254 g/mol. The molecule has 3 N–H and O–H groups in total. The number of rotatable bonds is 5. The number of hydrogen-bond donors (Lipinski definition) is 2. The third-order valence-corrected chi connectivity index (χ3v) is 2.58. The molecule has 0 spiro atoms. The average Bonchev–Trinajstić information content (AvgIpc) is 2.41. The minimum atomic E-state index is 0.306. The molecule has 1 aromatic carbocycles. The average molecular weight is 269 g/mol. The van der Waals surface area contributed by atoms with Gasteiger partial charge < -0.3 is 15.8 Å². The summed E-state index contributed by atoms with van der Waals surface area (Å²) < 4.78 is 4.99. The first-order chi connectivity index (χ1) is 9.71. The first-order valence-electron chi connectivity index (χ1n) is 6.06. The predicted molar refractivity (Wildman–Crippen MR) is 76.2 cm³/mol. The molecule has 2 rings (SSSR count). The molecule has 20 heavy (non-hydrogen) atoms. The summed E-state index contributed by atoms with van der Waals surface area (Å²) in [7, 11) is 1.58. The van der Waals surface area contributed by atoms with Gasteiger partial charge in [-0.05, 0) is 17.7 Å². The third kappa shape index (κ3) is 3.67. The first-order valence-corrected chi connectivity index (χ1v) is 6.06. The van der Waals surface area contributed by atoms with Crippen molar-refractivity contribution in [3.05, 3.63) is 41.7 Å². The minimum Gasteiger partial charge on any atom is -0.384 e. The zero-order valence-corrected chi connectivity index (χ0v) is 11.1. The van der Waals surface area contributed by atoms with Crippen LogP contribution in [-0.4, -0.2) is 17.1 Å². The number of nitrogen functional groups attached to an aromatic ring is 1. The second-order valence-corrected chi connectivity index (χ2v) is 4.18. The number of anilines is 3. The zero-order valence-electron chi connectivity index (χ0n) is 11.1. The molecule has 0 radical (unpaired) electrons. The smallest absolute Gasteiger partial charge is 0.158 e. The van der Waals surface area contributed by atoms with Gasteiger partial charge in [-0.15, -0.1) is 0 Å². The molecular formula is C14H15N5O. The fourth-order valence-electron chi connectivity index (χ4n) is 1.72. The zero-order chi connectivity index (χ0) is 14.4. The van der Waals surface area contributed by atoms with Gasteiger partial charge in [-0.25, -0.2) is 9.97 Å². The van der Waals surface area contributed by atoms with Crippen LogP contribution in [0.3, 0.4) is 0 Å². The van der Waals surface area contributed by atoms with E-state index in [4.69, 9.17) is 15.7 Å². The molecule has 0 atom stereocenters. The maximum absolute atomic E-state index is 8.63. The van der Waals surface area contributed by atoms with Crippen molar-refractivity contribution < 1.29 is 4.74 Å². The van der Waals surface area contributed by atoms with Crippen LogP contribution in [0.2, 0.25) is 0 Å². The summed E-state index contributed by atoms with van der Waals surface area (Å²) in [5.74, 6) is 1.52. The van der Waals surface area contributed by atoms with E-state index in [1.807, 2.05) is 24.3 Å². The van der Waals surface area contributed by atoms with Gasteiger partial charge in [0.25, 0.3) is 0 Å². The van der Waals surface area contributed by atoms with E-state index in [9.17, 15) is 0 Å². The number of nitriles is 1. The Balaban J connectivity index is 2.14. The summed E-state index contributed by atoms with van der Waals surface area (Å²) in [6.45, 7) is 0.306. The van der Waals surface area contributed by atoms with Gasteiger partial charge in [0.05, 0.1) is 12.5 Å². The summed E-state index contributed by atoms with van der Waals surface area (Å²) in [5.41, 5.74) is 7.57. The quantitative estimate of drug-likeness (QED) is 0.861. The molecule has 0 saturated heterocycles. The maximum Gasteiger partial charge on any atom is 0.158 e. The Kier molecular flexibility index (Phi) is 4.47. The fraction of sp³-hybridized carbons (Fsp3) is 0.214. The number of nitrogens with zero attached hydrogens (tertiary/aromatic N) is 3. The van der Waals surface area contributed by atoms with Gasteiger partial charge in [-0.1, -0.05) is 12.1 Å². The summed E-state index contributed by atoms with van der Waals surface area (Å²) >= 11 is 0. The number of benzene rings is 1. The normalized spacial score (nSPS) is 10.0. The van der Waals surface area contributed by atoms with E-state index >= 15 is 0 Å². The van der Waals surface area contributed by atoms with Gasteiger partial charge in [0.2, 0.25) is 0 Å². The molecule has 0 aliphatic carbocycles. The van der Waals surface area contributed by atoms with Crippen molar-refractivity contribution >= 4 is 17.3 Å². The standard InChI is InChI=1S/C14H15N5O/c1-20-9-14-18-12(16)8-13(19-14)17-11-4-2-10(3-5-11)6-7-15/h2-5,8H,6,9H2,1H3,(H3,16,17,18,19). The Hall–Kier alpha value is -2.65. The van der Waals surface area contributed by atoms with Crippen molar-refractivity contribution in [1.29, 1.82) is 5.26 Å². The molecule has 102 valence electrons. The van der Waals surface area contributed by atoms with Gasteiger partial charge in [-0.3, -0.25) is 0 Å². The summed E-state index contributed by atoms with van der Waals surface area (Å²) in [6.07, 6.45) is 0.402. The largest absolute Gasteiger partial charge is 0.384 e. The first kappa shape index (κ1) is 13.8. The molecule has 2 aromatic rings. The highest BCUT2D eigenvalue weighted by Gasteiger charge is 2.03. The Morgan fingerprint density at radius 1 is 1.30 bits per heavy atom. The maximum atomic E-state index is 8.63. The van der Waals surface area contributed by atoms with Gasteiger partial charge in [0.1, 0.15) is 18.2 Å². The highest BCUT2D eigenvalue weighted by molar-refractivity contribution is 5.58. The van der Waals surface area contributed by atoms with E-state index in [0.717, 1.165) is 11.3 Å². The Bertz CT molecular complexity index is 618. The van der Waals surface area contributed by atoms with Crippen LogP contribution in [0.15, 0.2) is 30.3 Å². The lowest BCUT2D eigenvalue weighted by molar-refractivity contribution is 0.178. The lowest BCUT2D eigenvalue weighted by atomic mass is 10.1. The summed E-state index contributed by atoms with van der Waals surface area (Å²) in [6, 6.07) is 11.3. The van der Waals surface area contributed by atoms with Crippen LogP contribution in [0.1, 0.15) is 11.4 Å². The molecule has 0 unspecified atom stereocenters. The van der Waals surface area contributed by atoms with Gasteiger partial charge in [0.15, 0.2) is 5.82 Å². The van der Waals surface area contributed by atoms with E-state index in [1.165, 1.54) is 0 Å². The number of nitrogens with two attached hydrogens (primary N) is 1. The minimum absolute atomic E-state index is 0.306. The summed E-state index contributed by atoms with van der Waals surface area (Å²) in [5, 5.41) is 11.8. The van der Waals surface area contributed by atoms with E-state index in [-0.39, 0.29) is 0 Å². The third-order valence-electron chi connectivity index (χ3n) is 2.58. The molecule has 6 nitrogen and oxygen atoms in total. The number of hydrogen-bond acceptors (Lipinski definition) is 6. The predicted octanol–water partition coefficient (Wildman–Crippen LogP) is 2.01. The molecule has 0 fully saturated rings. The number of aromatic nitrogens is 2. The van der Waals surface area contributed by atoms with Crippen LogP contribution in [0.5, 0.6) is 0 Å². The van der Waals surface area contributed by atoms with Crippen molar-refractivity contribution in [2.75, 3.05) is 18.2 Å². The van der Waals surface area contributed by atoms with Crippen molar-refractivity contribution in [1.82, 2.24) is 9.97 Å². The molecule has 1 heterocycles. The molecule has 1 aromatic heterocycles. The lowest BCUT2D eigenvalue weighted by Crippen LogP contribution is -2.04. The number of methoxy groups -OCH3 is 1. The van der Waals surface area contributed by atoms with Crippen LogP contribution in [-0.2, 0) is 17.8 Å². The van der Waals surface area contributed by atoms with E-state index in [2.05, 4.69) is 21.4 Å². The van der Waals surface area contributed by atoms with Crippen LogP contribution in [0.4, 0.5) is 17.3 Å². The second-order valence-electron chi connectivity index (χ2n) is 4.18. The SMILES string of the molecule is COCc1nc(N)cc(Nc2ccc(CC#N)cc2)n1. The topological polar surface area (TPSA) is 96.9 Å². The molecule has 6 heteroatoms. The van der Waals surface area contributed by atoms with Gasteiger partial charge >= 0.3 is 0 Å². The fourth-order valence-corrected chi connectivity index (χ4v) is 1.72. The Morgan fingerprint density at radius 3 is 2.70 bits per heavy atom. The number of ether oxygens (including phenoxy) is 1.